The molecule has 0 atom stereocenters. The Kier molecular flexibility index (Phi) is 7.76. The van der Waals surface area contributed by atoms with Gasteiger partial charge in [0.1, 0.15) is 11.3 Å². The van der Waals surface area contributed by atoms with E-state index >= 15 is 0 Å². The molecule has 0 heterocycles. The lowest BCUT2D eigenvalue weighted by atomic mass is 9.86. The van der Waals surface area contributed by atoms with Gasteiger partial charge in [0, 0.05) is 13.0 Å². The van der Waals surface area contributed by atoms with Crippen LogP contribution >= 0.6 is 0 Å². The van der Waals surface area contributed by atoms with Crippen LogP contribution in [0.3, 0.4) is 0 Å². The van der Waals surface area contributed by atoms with Crippen molar-refractivity contribution < 1.29 is 19.1 Å². The minimum absolute atomic E-state index is 0.0613. The van der Waals surface area contributed by atoms with Gasteiger partial charge in [-0.3, -0.25) is 4.79 Å². The maximum atomic E-state index is 12.0. The second kappa shape index (κ2) is 10.1. The summed E-state index contributed by atoms with van der Waals surface area (Å²) >= 11 is 0. The molecule has 0 aromatic heterocycles. The fourth-order valence-electron chi connectivity index (χ4n) is 3.45. The van der Waals surface area contributed by atoms with E-state index in [-0.39, 0.29) is 5.91 Å². The molecule has 0 bridgehead atoms. The number of carbonyl (C=O) groups excluding carboxylic acids is 2. The molecule has 1 N–H and O–H groups in total. The van der Waals surface area contributed by atoms with Crippen LogP contribution in [0.15, 0.2) is 18.2 Å². The highest BCUT2D eigenvalue weighted by Gasteiger charge is 2.15. The second-order valence-corrected chi connectivity index (χ2v) is 6.70. The van der Waals surface area contributed by atoms with E-state index in [1.165, 1.54) is 46.3 Å². The minimum atomic E-state index is -0.447. The predicted octanol–water partition coefficient (Wildman–Crippen LogP) is 3.85. The second-order valence-electron chi connectivity index (χ2n) is 6.70. The first-order chi connectivity index (χ1) is 12.1. The van der Waals surface area contributed by atoms with Crippen molar-refractivity contribution in [1.29, 1.82) is 0 Å². The zero-order valence-electron chi connectivity index (χ0n) is 15.3. The summed E-state index contributed by atoms with van der Waals surface area (Å²) in [5.41, 5.74) is 1.22. The fraction of sp³-hybridized carbons (Fsp3) is 0.600. The lowest BCUT2D eigenvalue weighted by Crippen LogP contribution is -2.23. The van der Waals surface area contributed by atoms with Crippen LogP contribution in [0.2, 0.25) is 0 Å². The number of nitrogens with one attached hydrogen (secondary N) is 1. The number of amides is 1. The van der Waals surface area contributed by atoms with Crippen LogP contribution in [-0.2, 0) is 16.1 Å². The molecule has 1 aromatic carbocycles. The molecule has 1 saturated carbocycles. The van der Waals surface area contributed by atoms with Gasteiger partial charge in [-0.2, -0.15) is 0 Å². The van der Waals surface area contributed by atoms with Crippen molar-refractivity contribution in [3.05, 3.63) is 29.3 Å². The van der Waals surface area contributed by atoms with E-state index in [1.807, 2.05) is 6.07 Å². The molecule has 0 unspecified atom stereocenters. The zero-order chi connectivity index (χ0) is 18.1. The normalized spacial score (nSPS) is 14.8. The maximum absolute atomic E-state index is 12.0. The van der Waals surface area contributed by atoms with Crippen LogP contribution in [0.1, 0.15) is 67.3 Å². The van der Waals surface area contributed by atoms with Gasteiger partial charge < -0.3 is 14.8 Å². The fourth-order valence-corrected chi connectivity index (χ4v) is 3.45. The summed E-state index contributed by atoms with van der Waals surface area (Å²) in [6.45, 7) is 0.399. The van der Waals surface area contributed by atoms with Gasteiger partial charge in [0.25, 0.3) is 0 Å². The number of rotatable bonds is 8. The average Bonchev–Trinajstić information content (AvgIpc) is 2.66. The molecule has 0 radical (unpaired) electrons. The number of hydrogen-bond donors (Lipinski definition) is 1. The van der Waals surface area contributed by atoms with E-state index in [4.69, 9.17) is 9.47 Å². The Bertz CT molecular complexity index is 579. The Morgan fingerprint density at radius 1 is 1.16 bits per heavy atom. The molecule has 1 aliphatic carbocycles. The van der Waals surface area contributed by atoms with E-state index < -0.39 is 5.97 Å². The third-order valence-electron chi connectivity index (χ3n) is 4.90. The van der Waals surface area contributed by atoms with Crippen molar-refractivity contribution in [2.24, 2.45) is 5.92 Å². The average molecular weight is 347 g/mol. The predicted molar refractivity (Wildman–Crippen MR) is 96.6 cm³/mol. The van der Waals surface area contributed by atoms with Crippen molar-refractivity contribution in [1.82, 2.24) is 5.32 Å². The van der Waals surface area contributed by atoms with Gasteiger partial charge in [-0.05, 0) is 36.5 Å². The van der Waals surface area contributed by atoms with Crippen molar-refractivity contribution in [3.8, 4) is 5.75 Å². The first kappa shape index (κ1) is 19.3. The smallest absolute Gasteiger partial charge is 0.341 e. The monoisotopic (exact) mass is 347 g/mol. The quantitative estimate of drug-likeness (QED) is 0.726. The van der Waals surface area contributed by atoms with E-state index in [0.717, 1.165) is 24.3 Å². The number of benzene rings is 1. The number of hydrogen-bond acceptors (Lipinski definition) is 4. The molecule has 5 heteroatoms. The molecule has 0 saturated heterocycles. The Morgan fingerprint density at radius 3 is 2.60 bits per heavy atom. The molecule has 1 aromatic rings. The van der Waals surface area contributed by atoms with E-state index in [2.05, 4.69) is 5.32 Å². The van der Waals surface area contributed by atoms with Gasteiger partial charge in [-0.1, -0.05) is 38.2 Å². The molecule has 1 aliphatic rings. The van der Waals surface area contributed by atoms with E-state index in [1.54, 1.807) is 12.1 Å². The third-order valence-corrected chi connectivity index (χ3v) is 4.90. The largest absolute Gasteiger partial charge is 0.496 e. The minimum Gasteiger partial charge on any atom is -0.496 e. The summed E-state index contributed by atoms with van der Waals surface area (Å²) < 4.78 is 9.94. The standard InChI is InChI=1S/C20H29NO4/c1-24-18-12-11-16(13-17(18)20(23)25-2)14-21-19(22)10-6-9-15-7-4-3-5-8-15/h11-13,15H,3-10,14H2,1-2H3,(H,21,22). The molecule has 0 spiro atoms. The first-order valence-corrected chi connectivity index (χ1v) is 9.16. The molecule has 25 heavy (non-hydrogen) atoms. The molecule has 0 aliphatic heterocycles. The lowest BCUT2D eigenvalue weighted by molar-refractivity contribution is -0.121. The SMILES string of the molecule is COC(=O)c1cc(CNC(=O)CCCC2CCCCC2)ccc1OC. The highest BCUT2D eigenvalue weighted by molar-refractivity contribution is 5.92. The third kappa shape index (κ3) is 6.07. The van der Waals surface area contributed by atoms with Crippen LogP contribution in [0, 0.1) is 5.92 Å². The Morgan fingerprint density at radius 2 is 1.92 bits per heavy atom. The summed E-state index contributed by atoms with van der Waals surface area (Å²) in [5, 5.41) is 2.93. The summed E-state index contributed by atoms with van der Waals surface area (Å²) in [4.78, 5) is 23.8. The summed E-state index contributed by atoms with van der Waals surface area (Å²) in [5.74, 6) is 0.893. The Hall–Kier alpha value is -2.04. The van der Waals surface area contributed by atoms with E-state index in [9.17, 15) is 9.59 Å². The van der Waals surface area contributed by atoms with Gasteiger partial charge in [-0.15, -0.1) is 0 Å². The van der Waals surface area contributed by atoms with Crippen LogP contribution in [0.5, 0.6) is 5.75 Å². The lowest BCUT2D eigenvalue weighted by Gasteiger charge is -2.21. The number of ether oxygens (including phenoxy) is 2. The van der Waals surface area contributed by atoms with Crippen molar-refractivity contribution in [2.45, 2.75) is 57.9 Å². The van der Waals surface area contributed by atoms with Gasteiger partial charge in [0.15, 0.2) is 0 Å². The van der Waals surface area contributed by atoms with Gasteiger partial charge >= 0.3 is 5.97 Å². The summed E-state index contributed by atoms with van der Waals surface area (Å²) in [6.07, 6.45) is 9.37. The number of carbonyl (C=O) groups is 2. The molecular formula is C20H29NO4. The Balaban J connectivity index is 1.77. The molecular weight excluding hydrogens is 318 g/mol. The number of methoxy groups -OCH3 is 2. The first-order valence-electron chi connectivity index (χ1n) is 9.16. The molecule has 138 valence electrons. The van der Waals surface area contributed by atoms with E-state index in [0.29, 0.717) is 24.3 Å². The molecule has 1 amide bonds. The van der Waals surface area contributed by atoms with Crippen LogP contribution in [-0.4, -0.2) is 26.1 Å². The van der Waals surface area contributed by atoms with Crippen molar-refractivity contribution in [2.75, 3.05) is 14.2 Å². The molecule has 5 nitrogen and oxygen atoms in total. The van der Waals surface area contributed by atoms with Gasteiger partial charge in [0.2, 0.25) is 5.91 Å². The van der Waals surface area contributed by atoms with Crippen LogP contribution in [0.25, 0.3) is 0 Å². The van der Waals surface area contributed by atoms with Crippen LogP contribution in [0.4, 0.5) is 0 Å². The zero-order valence-corrected chi connectivity index (χ0v) is 15.3. The Labute approximate surface area is 150 Å². The topological polar surface area (TPSA) is 64.6 Å². The maximum Gasteiger partial charge on any atom is 0.341 e. The summed E-state index contributed by atoms with van der Waals surface area (Å²) in [7, 11) is 2.85. The number of esters is 1. The van der Waals surface area contributed by atoms with Gasteiger partial charge in [0.05, 0.1) is 14.2 Å². The summed E-state index contributed by atoms with van der Waals surface area (Å²) in [6, 6.07) is 5.26. The highest BCUT2D eigenvalue weighted by atomic mass is 16.5. The van der Waals surface area contributed by atoms with Gasteiger partial charge in [-0.25, -0.2) is 4.79 Å². The molecule has 1 fully saturated rings. The van der Waals surface area contributed by atoms with Crippen molar-refractivity contribution >= 4 is 11.9 Å². The van der Waals surface area contributed by atoms with Crippen LogP contribution < -0.4 is 10.1 Å². The molecule has 2 rings (SSSR count). The highest BCUT2D eigenvalue weighted by Crippen LogP contribution is 2.27. The van der Waals surface area contributed by atoms with Crippen molar-refractivity contribution in [3.63, 3.8) is 0 Å².